The third-order valence-electron chi connectivity index (χ3n) is 6.17. The van der Waals surface area contributed by atoms with Crippen LogP contribution in [0.4, 0.5) is 5.69 Å². The molecular formula is C31H22N4O2S. The smallest absolute Gasteiger partial charge is 0.256 e. The van der Waals surface area contributed by atoms with Crippen LogP contribution in [-0.4, -0.2) is 26.2 Å². The first-order valence-corrected chi connectivity index (χ1v) is 12.8. The van der Waals surface area contributed by atoms with Crippen molar-refractivity contribution in [3.63, 3.8) is 0 Å². The molecule has 3 N–H and O–H groups in total. The van der Waals surface area contributed by atoms with E-state index in [2.05, 4.69) is 20.5 Å². The molecule has 2 heterocycles. The van der Waals surface area contributed by atoms with E-state index in [1.807, 2.05) is 97.1 Å². The van der Waals surface area contributed by atoms with Gasteiger partial charge in [0.2, 0.25) is 0 Å². The summed E-state index contributed by atoms with van der Waals surface area (Å²) in [7, 11) is 0. The number of carbonyl (C=O) groups excluding carboxylic acids is 1. The van der Waals surface area contributed by atoms with E-state index >= 15 is 0 Å². The summed E-state index contributed by atoms with van der Waals surface area (Å²) in [5, 5.41) is 23.2. The Morgan fingerprint density at radius 1 is 0.842 bits per heavy atom. The number of rotatable bonds is 6. The van der Waals surface area contributed by atoms with Crippen LogP contribution in [0.2, 0.25) is 0 Å². The highest BCUT2D eigenvalue weighted by Crippen LogP contribution is 2.34. The first-order chi connectivity index (χ1) is 18.7. The molecule has 0 spiro atoms. The van der Waals surface area contributed by atoms with Crippen LogP contribution in [0.25, 0.3) is 33.8 Å². The Morgan fingerprint density at radius 3 is 2.53 bits per heavy atom. The normalized spacial score (nSPS) is 11.4. The lowest BCUT2D eigenvalue weighted by atomic mass is 10.1. The van der Waals surface area contributed by atoms with Crippen LogP contribution in [0.3, 0.4) is 0 Å². The largest absolute Gasteiger partial charge is 0.507 e. The van der Waals surface area contributed by atoms with Gasteiger partial charge < -0.3 is 10.4 Å². The van der Waals surface area contributed by atoms with Crippen molar-refractivity contribution in [2.75, 3.05) is 5.32 Å². The van der Waals surface area contributed by atoms with E-state index in [4.69, 9.17) is 0 Å². The Morgan fingerprint density at radius 2 is 1.66 bits per heavy atom. The van der Waals surface area contributed by atoms with Gasteiger partial charge in [-0.1, -0.05) is 54.2 Å². The molecule has 1 amide bonds. The van der Waals surface area contributed by atoms with Crippen LogP contribution in [0.15, 0.2) is 113 Å². The van der Waals surface area contributed by atoms with Crippen molar-refractivity contribution in [3.05, 3.63) is 120 Å². The highest BCUT2D eigenvalue weighted by molar-refractivity contribution is 7.99. The second kappa shape index (κ2) is 10.2. The number of aromatic nitrogens is 3. The number of nitrogens with zero attached hydrogens (tertiary/aromatic N) is 2. The van der Waals surface area contributed by atoms with Crippen molar-refractivity contribution < 1.29 is 9.90 Å². The van der Waals surface area contributed by atoms with Crippen molar-refractivity contribution >= 4 is 57.2 Å². The number of fused-ring (bicyclic) bond motifs is 2. The van der Waals surface area contributed by atoms with E-state index in [9.17, 15) is 9.90 Å². The predicted octanol–water partition coefficient (Wildman–Crippen LogP) is 7.39. The molecule has 4 aromatic carbocycles. The first kappa shape index (κ1) is 23.5. The molecule has 0 saturated carbocycles. The van der Waals surface area contributed by atoms with Gasteiger partial charge in [-0.05, 0) is 66.7 Å². The minimum atomic E-state index is -0.214. The summed E-state index contributed by atoms with van der Waals surface area (Å²) in [6, 6.07) is 30.2. The Labute approximate surface area is 223 Å². The number of H-pyrrole nitrogens is 1. The number of pyridine rings is 1. The molecule has 6 aromatic rings. The maximum absolute atomic E-state index is 13.3. The molecule has 184 valence electrons. The summed E-state index contributed by atoms with van der Waals surface area (Å²) < 4.78 is 0. The molecule has 6 rings (SSSR count). The molecule has 0 fully saturated rings. The summed E-state index contributed by atoms with van der Waals surface area (Å²) in [5.74, 6) is -0.0346. The highest BCUT2D eigenvalue weighted by Gasteiger charge is 2.15. The van der Waals surface area contributed by atoms with E-state index in [1.165, 1.54) is 11.8 Å². The molecule has 0 aliphatic heterocycles. The van der Waals surface area contributed by atoms with E-state index in [0.717, 1.165) is 37.5 Å². The molecule has 0 radical (unpaired) electrons. The Balaban J connectivity index is 1.25. The minimum absolute atomic E-state index is 0.180. The van der Waals surface area contributed by atoms with Crippen molar-refractivity contribution in [2.45, 2.75) is 9.79 Å². The summed E-state index contributed by atoms with van der Waals surface area (Å²) in [6.07, 6.45) is 5.64. The number of amides is 1. The number of anilines is 1. The Hall–Kier alpha value is -4.88. The van der Waals surface area contributed by atoms with Gasteiger partial charge in [0.1, 0.15) is 5.75 Å². The molecule has 0 aliphatic rings. The number of hydrogen-bond acceptors (Lipinski definition) is 5. The van der Waals surface area contributed by atoms with Gasteiger partial charge in [0.25, 0.3) is 5.91 Å². The SMILES string of the molecule is O=C(Nc1ccc(O)c2ccccc12)c1ccccc1Sc1ccc2c(/C=C/c3ccccn3)n[nH]c2c1. The molecule has 7 heteroatoms. The summed E-state index contributed by atoms with van der Waals surface area (Å²) in [4.78, 5) is 19.5. The van der Waals surface area contributed by atoms with Crippen molar-refractivity contribution in [1.29, 1.82) is 0 Å². The zero-order valence-electron chi connectivity index (χ0n) is 20.1. The summed E-state index contributed by atoms with van der Waals surface area (Å²) >= 11 is 1.52. The third-order valence-corrected chi connectivity index (χ3v) is 7.24. The van der Waals surface area contributed by atoms with E-state index < -0.39 is 0 Å². The number of aromatic hydroxyl groups is 1. The molecule has 0 bridgehead atoms. The van der Waals surface area contributed by atoms with Gasteiger partial charge in [-0.15, -0.1) is 0 Å². The first-order valence-electron chi connectivity index (χ1n) is 12.0. The Bertz CT molecular complexity index is 1810. The number of phenols is 1. The van der Waals surface area contributed by atoms with Gasteiger partial charge in [0.15, 0.2) is 0 Å². The topological polar surface area (TPSA) is 90.9 Å². The number of benzene rings is 4. The van der Waals surface area contributed by atoms with Crippen LogP contribution in [0.5, 0.6) is 5.75 Å². The van der Waals surface area contributed by atoms with E-state index in [0.29, 0.717) is 16.6 Å². The van der Waals surface area contributed by atoms with Crippen molar-refractivity contribution in [3.8, 4) is 5.75 Å². The summed E-state index contributed by atoms with van der Waals surface area (Å²) in [6.45, 7) is 0. The van der Waals surface area contributed by atoms with Crippen LogP contribution < -0.4 is 5.32 Å². The zero-order chi connectivity index (χ0) is 25.9. The molecular weight excluding hydrogens is 492 g/mol. The fourth-order valence-corrected chi connectivity index (χ4v) is 5.29. The lowest BCUT2D eigenvalue weighted by Crippen LogP contribution is -2.13. The number of aromatic amines is 1. The molecule has 38 heavy (non-hydrogen) atoms. The van der Waals surface area contributed by atoms with E-state index in [1.54, 1.807) is 18.3 Å². The lowest BCUT2D eigenvalue weighted by molar-refractivity contribution is 0.102. The number of nitrogens with one attached hydrogen (secondary N) is 2. The maximum atomic E-state index is 13.3. The number of hydrogen-bond donors (Lipinski definition) is 3. The predicted molar refractivity (Wildman–Crippen MR) is 153 cm³/mol. The quantitative estimate of drug-likeness (QED) is 0.202. The van der Waals surface area contributed by atoms with Gasteiger partial charge in [0.05, 0.1) is 22.5 Å². The fourth-order valence-electron chi connectivity index (χ4n) is 4.30. The standard InChI is InChI=1S/C31H22N4O2S/c36-29-17-16-26(22-8-1-2-9-23(22)29)33-31(37)25-10-3-4-11-30(25)38-21-13-14-24-27(34-35-28(24)19-21)15-12-20-7-5-6-18-32-20/h1-19,36H,(H,33,37)(H,34,35)/b15-12+. The average Bonchev–Trinajstić information content (AvgIpc) is 3.36. The molecule has 0 atom stereocenters. The minimum Gasteiger partial charge on any atom is -0.507 e. The van der Waals surface area contributed by atoms with Crippen LogP contribution in [-0.2, 0) is 0 Å². The van der Waals surface area contributed by atoms with Crippen molar-refractivity contribution in [1.82, 2.24) is 15.2 Å². The molecule has 0 aliphatic carbocycles. The van der Waals surface area contributed by atoms with Crippen molar-refractivity contribution in [2.24, 2.45) is 0 Å². The fraction of sp³-hybridized carbons (Fsp3) is 0. The zero-order valence-corrected chi connectivity index (χ0v) is 20.9. The Kier molecular flexibility index (Phi) is 6.34. The molecule has 0 saturated heterocycles. The average molecular weight is 515 g/mol. The van der Waals surface area contributed by atoms with Gasteiger partial charge in [-0.2, -0.15) is 5.10 Å². The van der Waals surface area contributed by atoms with E-state index in [-0.39, 0.29) is 11.7 Å². The van der Waals surface area contributed by atoms with Gasteiger partial charge in [-0.3, -0.25) is 14.9 Å². The van der Waals surface area contributed by atoms with Crippen LogP contribution >= 0.6 is 11.8 Å². The van der Waals surface area contributed by atoms with Gasteiger partial charge >= 0.3 is 0 Å². The molecule has 0 unspecified atom stereocenters. The molecule has 2 aromatic heterocycles. The second-order valence-corrected chi connectivity index (χ2v) is 9.75. The lowest BCUT2D eigenvalue weighted by Gasteiger charge is -2.12. The monoisotopic (exact) mass is 514 g/mol. The molecule has 6 nitrogen and oxygen atoms in total. The third kappa shape index (κ3) is 4.75. The van der Waals surface area contributed by atoms with Gasteiger partial charge in [-0.25, -0.2) is 0 Å². The summed E-state index contributed by atoms with van der Waals surface area (Å²) in [5.41, 5.74) is 3.83. The van der Waals surface area contributed by atoms with Crippen LogP contribution in [0, 0.1) is 0 Å². The highest BCUT2D eigenvalue weighted by atomic mass is 32.2. The second-order valence-electron chi connectivity index (χ2n) is 8.63. The number of phenolic OH excluding ortho intramolecular Hbond substituents is 1. The van der Waals surface area contributed by atoms with Gasteiger partial charge in [0, 0.05) is 37.8 Å². The maximum Gasteiger partial charge on any atom is 0.256 e. The number of carbonyl (C=O) groups is 1. The van der Waals surface area contributed by atoms with Crippen LogP contribution in [0.1, 0.15) is 21.7 Å².